The number of thiophene rings is 1. The van der Waals surface area contributed by atoms with E-state index < -0.39 is 0 Å². The number of hydrogen-bond acceptors (Lipinski definition) is 6. The van der Waals surface area contributed by atoms with Gasteiger partial charge in [0.15, 0.2) is 11.5 Å². The quantitative estimate of drug-likeness (QED) is 0.199. The smallest absolute Gasteiger partial charge is 0.260 e. The molecule has 1 unspecified atom stereocenters. The second kappa shape index (κ2) is 12.5. The Labute approximate surface area is 262 Å². The molecule has 1 fully saturated rings. The van der Waals surface area contributed by atoms with Crippen LogP contribution in [0.4, 0.5) is 0 Å². The summed E-state index contributed by atoms with van der Waals surface area (Å²) in [5, 5.41) is 1.12. The highest BCUT2D eigenvalue weighted by atomic mass is 35.5. The van der Waals surface area contributed by atoms with E-state index in [2.05, 4.69) is 37.9 Å². The van der Waals surface area contributed by atoms with Crippen molar-refractivity contribution in [1.82, 2.24) is 9.97 Å². The van der Waals surface area contributed by atoms with Crippen molar-refractivity contribution in [3.8, 4) is 28.6 Å². The van der Waals surface area contributed by atoms with Gasteiger partial charge in [-0.2, -0.15) is 0 Å². The molecule has 0 amide bonds. The summed E-state index contributed by atoms with van der Waals surface area (Å²) in [6.07, 6.45) is 9.58. The number of aryl methyl sites for hydroxylation is 1. The predicted molar refractivity (Wildman–Crippen MR) is 175 cm³/mol. The number of nitrogens with zero attached hydrogens (tertiary/aromatic N) is 1. The van der Waals surface area contributed by atoms with Gasteiger partial charge in [-0.25, -0.2) is 4.98 Å². The minimum absolute atomic E-state index is 0.106. The number of aromatic amines is 1. The molecule has 6 rings (SSSR count). The van der Waals surface area contributed by atoms with Crippen LogP contribution < -0.4 is 19.8 Å². The van der Waals surface area contributed by atoms with E-state index >= 15 is 0 Å². The standard InChI is InChI=1S/C35H41ClN2O4S/c1-35(2,3)24-12-15-26-29(20-24)43-34-30(26)33(39)37-32(38-34)23-18-27(36)31(28(19-23)40-4)42-17-16-41-25-13-10-22(11-14-25)21-8-6-5-7-9-21/h10-11,13-14,18-19,21,24H,5-9,12,15-17,20H2,1-4H3,(H,37,38,39). The predicted octanol–water partition coefficient (Wildman–Crippen LogP) is 8.97. The molecule has 1 saturated carbocycles. The lowest BCUT2D eigenvalue weighted by Crippen LogP contribution is -2.26. The largest absolute Gasteiger partial charge is 0.493 e. The number of aromatic nitrogens is 2. The highest BCUT2D eigenvalue weighted by Crippen LogP contribution is 2.43. The Morgan fingerprint density at radius 3 is 2.49 bits per heavy atom. The Bertz CT molecular complexity index is 1650. The summed E-state index contributed by atoms with van der Waals surface area (Å²) in [5.74, 6) is 3.48. The van der Waals surface area contributed by atoms with Crippen LogP contribution in [0.25, 0.3) is 21.6 Å². The molecular weight excluding hydrogens is 580 g/mol. The van der Waals surface area contributed by atoms with E-state index in [-0.39, 0.29) is 11.0 Å². The van der Waals surface area contributed by atoms with Gasteiger partial charge < -0.3 is 19.2 Å². The third kappa shape index (κ3) is 6.44. The van der Waals surface area contributed by atoms with Crippen LogP contribution in [0, 0.1) is 11.3 Å². The zero-order valence-electron chi connectivity index (χ0n) is 25.6. The maximum absolute atomic E-state index is 13.3. The molecular formula is C35H41ClN2O4S. The van der Waals surface area contributed by atoms with Crippen LogP contribution in [0.15, 0.2) is 41.2 Å². The molecule has 8 heteroatoms. The van der Waals surface area contributed by atoms with Gasteiger partial charge in [0.25, 0.3) is 5.56 Å². The topological polar surface area (TPSA) is 73.4 Å². The molecule has 2 aliphatic carbocycles. The number of halogens is 1. The Hall–Kier alpha value is -3.03. The van der Waals surface area contributed by atoms with Gasteiger partial charge in [0.1, 0.15) is 29.6 Å². The lowest BCUT2D eigenvalue weighted by Gasteiger charge is -2.33. The molecule has 0 radical (unpaired) electrons. The fourth-order valence-electron chi connectivity index (χ4n) is 6.63. The number of ether oxygens (including phenoxy) is 3. The number of H-pyrrole nitrogens is 1. The molecule has 0 spiro atoms. The van der Waals surface area contributed by atoms with Crippen LogP contribution in [0.2, 0.25) is 5.02 Å². The normalized spacial score (nSPS) is 17.6. The first-order valence-corrected chi connectivity index (χ1v) is 16.7. The third-order valence-corrected chi connectivity index (χ3v) is 10.6. The van der Waals surface area contributed by atoms with Gasteiger partial charge in [0, 0.05) is 10.4 Å². The molecule has 228 valence electrons. The van der Waals surface area contributed by atoms with Gasteiger partial charge in [0.2, 0.25) is 0 Å². The van der Waals surface area contributed by atoms with Crippen molar-refractivity contribution in [2.45, 2.75) is 78.1 Å². The van der Waals surface area contributed by atoms with E-state index in [1.807, 2.05) is 12.1 Å². The molecule has 1 atom stereocenters. The minimum Gasteiger partial charge on any atom is -0.493 e. The monoisotopic (exact) mass is 620 g/mol. The van der Waals surface area contributed by atoms with E-state index in [0.29, 0.717) is 53.0 Å². The van der Waals surface area contributed by atoms with E-state index in [1.165, 1.54) is 48.1 Å². The van der Waals surface area contributed by atoms with Gasteiger partial charge in [-0.1, -0.05) is 63.8 Å². The summed E-state index contributed by atoms with van der Waals surface area (Å²) >= 11 is 8.33. The maximum atomic E-state index is 13.3. The zero-order chi connectivity index (χ0) is 30.1. The highest BCUT2D eigenvalue weighted by molar-refractivity contribution is 7.18. The van der Waals surface area contributed by atoms with Gasteiger partial charge in [-0.15, -0.1) is 11.3 Å². The minimum atomic E-state index is -0.106. The number of rotatable bonds is 8. The van der Waals surface area contributed by atoms with Crippen LogP contribution in [0.3, 0.4) is 0 Å². The van der Waals surface area contributed by atoms with E-state index in [4.69, 9.17) is 30.8 Å². The van der Waals surface area contributed by atoms with E-state index in [0.717, 1.165) is 35.2 Å². The average Bonchev–Trinajstić information content (AvgIpc) is 3.38. The summed E-state index contributed by atoms with van der Waals surface area (Å²) in [7, 11) is 1.57. The van der Waals surface area contributed by atoms with Crippen molar-refractivity contribution in [2.24, 2.45) is 11.3 Å². The van der Waals surface area contributed by atoms with E-state index in [9.17, 15) is 4.79 Å². The SMILES string of the molecule is COc1cc(-c2nc3sc4c(c3c(=O)[nH]2)CCC(C(C)(C)C)C4)cc(Cl)c1OCCOc1ccc(C2CCCCC2)cc1. The first-order valence-electron chi connectivity index (χ1n) is 15.5. The Morgan fingerprint density at radius 2 is 1.77 bits per heavy atom. The molecule has 0 bridgehead atoms. The Balaban J connectivity index is 1.14. The molecule has 2 aliphatic rings. The molecule has 43 heavy (non-hydrogen) atoms. The third-order valence-electron chi connectivity index (χ3n) is 9.20. The Kier molecular flexibility index (Phi) is 8.74. The Morgan fingerprint density at radius 1 is 1.02 bits per heavy atom. The first-order chi connectivity index (χ1) is 20.7. The van der Waals surface area contributed by atoms with Crippen molar-refractivity contribution >= 4 is 33.2 Å². The van der Waals surface area contributed by atoms with Crippen LogP contribution in [0.1, 0.15) is 81.2 Å². The molecule has 1 N–H and O–H groups in total. The summed E-state index contributed by atoms with van der Waals surface area (Å²) in [6.45, 7) is 7.57. The van der Waals surface area contributed by atoms with Gasteiger partial charge >= 0.3 is 0 Å². The van der Waals surface area contributed by atoms with Crippen molar-refractivity contribution < 1.29 is 14.2 Å². The molecule has 0 saturated heterocycles. The molecule has 2 aromatic heterocycles. The number of fused-ring (bicyclic) bond motifs is 3. The number of methoxy groups -OCH3 is 1. The maximum Gasteiger partial charge on any atom is 0.260 e. The highest BCUT2D eigenvalue weighted by Gasteiger charge is 2.32. The van der Waals surface area contributed by atoms with Crippen LogP contribution in [0.5, 0.6) is 17.2 Å². The molecule has 0 aliphatic heterocycles. The van der Waals surface area contributed by atoms with Crippen molar-refractivity contribution in [1.29, 1.82) is 0 Å². The molecule has 2 aromatic carbocycles. The average molecular weight is 621 g/mol. The fraction of sp³-hybridized carbons (Fsp3) is 0.486. The summed E-state index contributed by atoms with van der Waals surface area (Å²) in [6, 6.07) is 12.0. The molecule has 2 heterocycles. The molecule has 4 aromatic rings. The summed E-state index contributed by atoms with van der Waals surface area (Å²) < 4.78 is 17.6. The molecule has 6 nitrogen and oxygen atoms in total. The van der Waals surface area contributed by atoms with Gasteiger partial charge in [-0.3, -0.25) is 4.79 Å². The van der Waals surface area contributed by atoms with Crippen molar-refractivity contribution in [3.63, 3.8) is 0 Å². The number of hydrogen-bond donors (Lipinski definition) is 1. The first kappa shape index (κ1) is 30.0. The van der Waals surface area contributed by atoms with Crippen LogP contribution >= 0.6 is 22.9 Å². The summed E-state index contributed by atoms with van der Waals surface area (Å²) in [4.78, 5) is 23.2. The lowest BCUT2D eigenvalue weighted by molar-refractivity contribution is 0.211. The number of benzene rings is 2. The zero-order valence-corrected chi connectivity index (χ0v) is 27.1. The fourth-order valence-corrected chi connectivity index (χ4v) is 8.20. The van der Waals surface area contributed by atoms with Crippen molar-refractivity contribution in [3.05, 3.63) is 67.8 Å². The van der Waals surface area contributed by atoms with Crippen LogP contribution in [-0.4, -0.2) is 30.3 Å². The van der Waals surface area contributed by atoms with Crippen LogP contribution in [-0.2, 0) is 12.8 Å². The number of nitrogens with one attached hydrogen (secondary N) is 1. The lowest BCUT2D eigenvalue weighted by atomic mass is 9.72. The van der Waals surface area contributed by atoms with Crippen molar-refractivity contribution in [2.75, 3.05) is 20.3 Å². The summed E-state index contributed by atoms with van der Waals surface area (Å²) in [5.41, 5.74) is 3.37. The van der Waals surface area contributed by atoms with Gasteiger partial charge in [-0.05, 0) is 84.7 Å². The van der Waals surface area contributed by atoms with Gasteiger partial charge in [0.05, 0.1) is 17.5 Å². The van der Waals surface area contributed by atoms with E-state index in [1.54, 1.807) is 30.6 Å². The second-order valence-electron chi connectivity index (χ2n) is 13.0. The second-order valence-corrected chi connectivity index (χ2v) is 14.5.